The van der Waals surface area contributed by atoms with Crippen LogP contribution in [0.5, 0.6) is 0 Å². The van der Waals surface area contributed by atoms with Crippen molar-refractivity contribution in [3.05, 3.63) is 35.6 Å². The van der Waals surface area contributed by atoms with E-state index >= 15 is 0 Å². The Morgan fingerprint density at radius 2 is 1.60 bits per heavy atom. The third-order valence-electron chi connectivity index (χ3n) is 3.04. The molecule has 10 heteroatoms. The first-order valence-corrected chi connectivity index (χ1v) is 7.34. The number of amides is 1. The van der Waals surface area contributed by atoms with Gasteiger partial charge in [0.15, 0.2) is 0 Å². The zero-order valence-electron chi connectivity index (χ0n) is 13.6. The number of alkyl halides is 3. The van der Waals surface area contributed by atoms with E-state index in [0.717, 1.165) is 12.1 Å². The van der Waals surface area contributed by atoms with Gasteiger partial charge < -0.3 is 9.47 Å². The summed E-state index contributed by atoms with van der Waals surface area (Å²) in [6, 6.07) is 4.57. The summed E-state index contributed by atoms with van der Waals surface area (Å²) in [5.41, 5.74) is -3.26. The van der Waals surface area contributed by atoms with Gasteiger partial charge in [-0.3, -0.25) is 10.6 Å². The van der Waals surface area contributed by atoms with Gasteiger partial charge in [0, 0.05) is 6.54 Å². The van der Waals surface area contributed by atoms with E-state index in [2.05, 4.69) is 9.47 Å². The van der Waals surface area contributed by atoms with Crippen LogP contribution in [0.4, 0.5) is 22.4 Å². The van der Waals surface area contributed by atoms with Crippen LogP contribution in [0, 0.1) is 5.82 Å². The van der Waals surface area contributed by atoms with Crippen molar-refractivity contribution < 1.29 is 36.6 Å². The molecular formula is C15H18F4N2O4. The van der Waals surface area contributed by atoms with Crippen LogP contribution in [0.15, 0.2) is 24.3 Å². The first kappa shape index (κ1) is 20.7. The fourth-order valence-corrected chi connectivity index (χ4v) is 1.85. The van der Waals surface area contributed by atoms with Gasteiger partial charge in [0.05, 0.1) is 13.2 Å². The van der Waals surface area contributed by atoms with Gasteiger partial charge in [-0.25, -0.2) is 14.0 Å². The van der Waals surface area contributed by atoms with Crippen molar-refractivity contribution in [3.63, 3.8) is 0 Å². The van der Waals surface area contributed by atoms with Gasteiger partial charge in [-0.2, -0.15) is 13.2 Å². The monoisotopic (exact) mass is 366 g/mol. The Morgan fingerprint density at radius 3 is 2.08 bits per heavy atom. The van der Waals surface area contributed by atoms with E-state index in [-0.39, 0.29) is 18.8 Å². The smallest absolute Gasteiger partial charge is 0.436 e. The maximum Gasteiger partial charge on any atom is 0.436 e. The highest BCUT2D eigenvalue weighted by molar-refractivity contribution is 5.86. The molecule has 0 fully saturated rings. The number of halogens is 4. The molecule has 2 N–H and O–H groups in total. The fourth-order valence-electron chi connectivity index (χ4n) is 1.85. The summed E-state index contributed by atoms with van der Waals surface area (Å²) < 4.78 is 62.7. The third kappa shape index (κ3) is 5.31. The molecule has 0 saturated heterocycles. The molecule has 0 saturated carbocycles. The molecule has 0 aliphatic heterocycles. The van der Waals surface area contributed by atoms with Crippen LogP contribution in [0.2, 0.25) is 0 Å². The number of alkyl carbamates (subject to hydrolysis) is 1. The van der Waals surface area contributed by atoms with Crippen molar-refractivity contribution in [3.8, 4) is 0 Å². The minimum Gasteiger partial charge on any atom is -0.463 e. The second kappa shape index (κ2) is 8.65. The standard InChI is InChI=1S/C15H18F4N2O4/c1-3-24-12(22)14(15(17,18)19,21-13(23)25-4-2)20-9-10-5-7-11(16)8-6-10/h5-8,20H,3-4,9H2,1-2H3,(H,21,23)/t14-/m1/s1. The molecule has 6 nitrogen and oxygen atoms in total. The summed E-state index contributed by atoms with van der Waals surface area (Å²) >= 11 is 0. The number of benzene rings is 1. The molecule has 0 radical (unpaired) electrons. The van der Waals surface area contributed by atoms with Crippen molar-refractivity contribution in [2.24, 2.45) is 0 Å². The quantitative estimate of drug-likeness (QED) is 0.441. The Labute approximate surface area is 141 Å². The number of hydrogen-bond acceptors (Lipinski definition) is 5. The SMILES string of the molecule is CCOC(=O)N[C@](NCc1ccc(F)cc1)(C(=O)OCC)C(F)(F)F. The van der Waals surface area contributed by atoms with Gasteiger partial charge >= 0.3 is 18.2 Å². The Kier molecular flexibility index (Phi) is 7.16. The Bertz CT molecular complexity index is 592. The lowest BCUT2D eigenvalue weighted by atomic mass is 10.1. The van der Waals surface area contributed by atoms with E-state index in [1.807, 2.05) is 5.32 Å². The zero-order valence-corrected chi connectivity index (χ0v) is 13.6. The molecule has 0 heterocycles. The number of nitrogens with one attached hydrogen (secondary N) is 2. The Hall–Kier alpha value is -2.36. The van der Waals surface area contributed by atoms with E-state index in [4.69, 9.17) is 0 Å². The van der Waals surface area contributed by atoms with E-state index in [9.17, 15) is 27.2 Å². The predicted molar refractivity (Wildman–Crippen MR) is 78.8 cm³/mol. The molecule has 0 unspecified atom stereocenters. The summed E-state index contributed by atoms with van der Waals surface area (Å²) in [5.74, 6) is -2.31. The van der Waals surface area contributed by atoms with Crippen molar-refractivity contribution in [1.82, 2.24) is 10.6 Å². The molecule has 1 atom stereocenters. The fraction of sp³-hybridized carbons (Fsp3) is 0.467. The number of hydrogen-bond donors (Lipinski definition) is 2. The average molecular weight is 366 g/mol. The van der Waals surface area contributed by atoms with E-state index in [1.54, 1.807) is 0 Å². The third-order valence-corrected chi connectivity index (χ3v) is 3.04. The summed E-state index contributed by atoms with van der Waals surface area (Å²) in [4.78, 5) is 23.5. The van der Waals surface area contributed by atoms with Crippen LogP contribution in [-0.2, 0) is 20.8 Å². The highest BCUT2D eigenvalue weighted by atomic mass is 19.4. The van der Waals surface area contributed by atoms with Gasteiger partial charge in [-0.15, -0.1) is 0 Å². The molecule has 0 aliphatic rings. The van der Waals surface area contributed by atoms with E-state index in [0.29, 0.717) is 0 Å². The van der Waals surface area contributed by atoms with Crippen LogP contribution >= 0.6 is 0 Å². The molecule has 0 bridgehead atoms. The molecule has 0 spiro atoms. The number of rotatable bonds is 7. The van der Waals surface area contributed by atoms with Crippen molar-refractivity contribution in [1.29, 1.82) is 0 Å². The lowest BCUT2D eigenvalue weighted by molar-refractivity contribution is -0.219. The maximum atomic E-state index is 13.6. The molecule has 1 aromatic carbocycles. The number of esters is 1. The van der Waals surface area contributed by atoms with Gasteiger partial charge in [0.1, 0.15) is 5.82 Å². The minimum atomic E-state index is -5.23. The van der Waals surface area contributed by atoms with Crippen LogP contribution in [0.25, 0.3) is 0 Å². The topological polar surface area (TPSA) is 76.7 Å². The first-order valence-electron chi connectivity index (χ1n) is 7.34. The average Bonchev–Trinajstić information content (AvgIpc) is 2.52. The summed E-state index contributed by atoms with van der Waals surface area (Å²) in [6.45, 7) is 1.69. The van der Waals surface area contributed by atoms with Crippen LogP contribution in [0.1, 0.15) is 19.4 Å². The van der Waals surface area contributed by atoms with Crippen molar-refractivity contribution in [2.45, 2.75) is 32.2 Å². The molecule has 1 amide bonds. The van der Waals surface area contributed by atoms with Crippen LogP contribution in [-0.4, -0.2) is 37.1 Å². The van der Waals surface area contributed by atoms with Gasteiger partial charge in [0.2, 0.25) is 0 Å². The van der Waals surface area contributed by atoms with Gasteiger partial charge in [-0.1, -0.05) is 12.1 Å². The highest BCUT2D eigenvalue weighted by Gasteiger charge is 2.63. The van der Waals surface area contributed by atoms with Crippen LogP contribution < -0.4 is 10.6 Å². The second-order valence-corrected chi connectivity index (χ2v) is 4.79. The van der Waals surface area contributed by atoms with Crippen LogP contribution in [0.3, 0.4) is 0 Å². The molecule has 1 rings (SSSR count). The number of ether oxygens (including phenoxy) is 2. The lowest BCUT2D eigenvalue weighted by Crippen LogP contribution is -2.72. The van der Waals surface area contributed by atoms with Gasteiger partial charge in [0.25, 0.3) is 5.66 Å². The van der Waals surface area contributed by atoms with E-state index < -0.39 is 36.3 Å². The van der Waals surface area contributed by atoms with Gasteiger partial charge in [-0.05, 0) is 31.5 Å². The highest BCUT2D eigenvalue weighted by Crippen LogP contribution is 2.30. The Balaban J connectivity index is 3.14. The maximum absolute atomic E-state index is 13.6. The number of carbonyl (C=O) groups is 2. The summed E-state index contributed by atoms with van der Waals surface area (Å²) in [6.07, 6.45) is -6.68. The molecular weight excluding hydrogens is 348 g/mol. The molecule has 0 aliphatic carbocycles. The molecule has 140 valence electrons. The normalized spacial score (nSPS) is 13.7. The zero-order chi connectivity index (χ0) is 19.1. The van der Waals surface area contributed by atoms with Crippen molar-refractivity contribution >= 4 is 12.1 Å². The predicted octanol–water partition coefficient (Wildman–Crippen LogP) is 2.48. The number of carbonyl (C=O) groups excluding carboxylic acids is 2. The summed E-state index contributed by atoms with van der Waals surface area (Å²) in [5, 5.41) is 3.44. The minimum absolute atomic E-state index is 0.194. The molecule has 1 aromatic rings. The van der Waals surface area contributed by atoms with Crippen molar-refractivity contribution in [2.75, 3.05) is 13.2 Å². The second-order valence-electron chi connectivity index (χ2n) is 4.79. The summed E-state index contributed by atoms with van der Waals surface area (Å²) in [7, 11) is 0. The first-order chi connectivity index (χ1) is 11.7. The lowest BCUT2D eigenvalue weighted by Gasteiger charge is -2.34. The van der Waals surface area contributed by atoms with E-state index in [1.165, 1.54) is 31.3 Å². The molecule has 0 aromatic heterocycles. The largest absolute Gasteiger partial charge is 0.463 e. The Morgan fingerprint density at radius 1 is 1.04 bits per heavy atom. The molecule has 25 heavy (non-hydrogen) atoms.